The largest absolute Gasteiger partial charge is 0.325 e. The number of aryl methyl sites for hydroxylation is 2. The first-order chi connectivity index (χ1) is 11.1. The molecule has 0 bridgehead atoms. The van der Waals surface area contributed by atoms with Crippen molar-refractivity contribution < 1.29 is 4.79 Å². The Balaban J connectivity index is 1.77. The number of carbonyl (C=O) groups is 1. The average molecular weight is 326 g/mol. The number of rotatable bonds is 4. The third kappa shape index (κ3) is 3.35. The van der Waals surface area contributed by atoms with E-state index in [0.717, 1.165) is 21.7 Å². The highest BCUT2D eigenvalue weighted by Crippen LogP contribution is 2.21. The summed E-state index contributed by atoms with van der Waals surface area (Å²) in [7, 11) is 0. The Bertz CT molecular complexity index is 907. The summed E-state index contributed by atoms with van der Waals surface area (Å²) >= 11 is 1.59. The van der Waals surface area contributed by atoms with E-state index in [1.807, 2.05) is 43.3 Å². The van der Waals surface area contributed by atoms with Gasteiger partial charge in [0.1, 0.15) is 6.54 Å². The summed E-state index contributed by atoms with van der Waals surface area (Å²) < 4.78 is 2.41. The molecule has 2 aromatic heterocycles. The van der Waals surface area contributed by atoms with Crippen LogP contribution in [-0.2, 0) is 17.8 Å². The van der Waals surface area contributed by atoms with Crippen LogP contribution in [0.4, 0.5) is 5.69 Å². The van der Waals surface area contributed by atoms with Gasteiger partial charge < -0.3 is 9.88 Å². The predicted molar refractivity (Wildman–Crippen MR) is 95.3 cm³/mol. The van der Waals surface area contributed by atoms with Gasteiger partial charge in [-0.15, -0.1) is 11.3 Å². The summed E-state index contributed by atoms with van der Waals surface area (Å²) in [6, 6.07) is 11.5. The summed E-state index contributed by atoms with van der Waals surface area (Å²) in [5.74, 6) is -0.206. The zero-order valence-electron chi connectivity index (χ0n) is 13.1. The maximum absolute atomic E-state index is 12.4. The van der Waals surface area contributed by atoms with Gasteiger partial charge in [0.05, 0.1) is 5.39 Å². The highest BCUT2D eigenvalue weighted by molar-refractivity contribution is 7.18. The van der Waals surface area contributed by atoms with E-state index in [1.165, 1.54) is 10.1 Å². The number of pyridine rings is 1. The first-order valence-electron chi connectivity index (χ1n) is 7.55. The lowest BCUT2D eigenvalue weighted by molar-refractivity contribution is -0.116. The molecule has 0 unspecified atom stereocenters. The number of fused-ring (bicyclic) bond motifs is 1. The fraction of sp³-hybridized carbons (Fsp3) is 0.222. The maximum Gasteiger partial charge on any atom is 0.259 e. The lowest BCUT2D eigenvalue weighted by Gasteiger charge is -2.08. The van der Waals surface area contributed by atoms with Crippen molar-refractivity contribution in [1.29, 1.82) is 0 Å². The molecule has 0 spiro atoms. The van der Waals surface area contributed by atoms with Gasteiger partial charge in [0.2, 0.25) is 5.91 Å². The normalized spacial score (nSPS) is 10.9. The molecular weight excluding hydrogens is 308 g/mol. The molecule has 0 aliphatic rings. The molecule has 4 nitrogen and oxygen atoms in total. The Labute approximate surface area is 138 Å². The minimum Gasteiger partial charge on any atom is -0.325 e. The van der Waals surface area contributed by atoms with E-state index in [1.54, 1.807) is 17.5 Å². The van der Waals surface area contributed by atoms with E-state index < -0.39 is 0 Å². The summed E-state index contributed by atoms with van der Waals surface area (Å²) in [4.78, 5) is 25.7. The molecule has 0 atom stereocenters. The zero-order valence-corrected chi connectivity index (χ0v) is 13.9. The van der Waals surface area contributed by atoms with Crippen LogP contribution < -0.4 is 10.9 Å². The van der Waals surface area contributed by atoms with Gasteiger partial charge in [-0.3, -0.25) is 9.59 Å². The third-order valence-corrected chi connectivity index (χ3v) is 4.76. The Morgan fingerprint density at radius 2 is 1.96 bits per heavy atom. The highest BCUT2D eigenvalue weighted by Gasteiger charge is 2.09. The first kappa shape index (κ1) is 15.5. The second-order valence-electron chi connectivity index (χ2n) is 5.48. The molecule has 0 radical (unpaired) electrons. The summed E-state index contributed by atoms with van der Waals surface area (Å²) in [6.07, 6.45) is 2.64. The third-order valence-electron chi connectivity index (χ3n) is 3.74. The summed E-state index contributed by atoms with van der Waals surface area (Å²) in [5.41, 5.74) is 1.84. The standard InChI is InChI=1S/C18H18N2O2S/c1-3-13-4-6-14(7-5-13)19-17(21)11-20-9-8-16-15(18(20)22)10-12(2)23-16/h4-10H,3,11H2,1-2H3,(H,19,21). The summed E-state index contributed by atoms with van der Waals surface area (Å²) in [5, 5.41) is 3.50. The molecule has 0 aliphatic heterocycles. The molecule has 2 heterocycles. The molecule has 0 aliphatic carbocycles. The Morgan fingerprint density at radius 3 is 2.65 bits per heavy atom. The van der Waals surface area contributed by atoms with Crippen molar-refractivity contribution in [3.05, 3.63) is 63.4 Å². The van der Waals surface area contributed by atoms with Crippen LogP contribution in [-0.4, -0.2) is 10.5 Å². The maximum atomic E-state index is 12.4. The van der Waals surface area contributed by atoms with Crippen LogP contribution in [0.15, 0.2) is 47.4 Å². The van der Waals surface area contributed by atoms with Crippen molar-refractivity contribution in [2.45, 2.75) is 26.8 Å². The molecule has 1 amide bonds. The van der Waals surface area contributed by atoms with Crippen LogP contribution in [0.25, 0.3) is 10.1 Å². The van der Waals surface area contributed by atoms with Gasteiger partial charge in [0, 0.05) is 21.5 Å². The van der Waals surface area contributed by atoms with Crippen LogP contribution in [0.1, 0.15) is 17.4 Å². The molecule has 0 saturated carbocycles. The van der Waals surface area contributed by atoms with Gasteiger partial charge in [0.15, 0.2) is 0 Å². The fourth-order valence-corrected chi connectivity index (χ4v) is 3.42. The number of aromatic nitrogens is 1. The van der Waals surface area contributed by atoms with E-state index >= 15 is 0 Å². The van der Waals surface area contributed by atoms with Crippen LogP contribution >= 0.6 is 11.3 Å². The summed E-state index contributed by atoms with van der Waals surface area (Å²) in [6.45, 7) is 4.07. The molecule has 1 N–H and O–H groups in total. The second-order valence-corrected chi connectivity index (χ2v) is 6.77. The van der Waals surface area contributed by atoms with E-state index in [2.05, 4.69) is 12.2 Å². The number of hydrogen-bond donors (Lipinski definition) is 1. The number of benzene rings is 1. The molecular formula is C18H18N2O2S. The number of carbonyl (C=O) groups excluding carboxylic acids is 1. The highest BCUT2D eigenvalue weighted by atomic mass is 32.1. The van der Waals surface area contributed by atoms with E-state index in [0.29, 0.717) is 5.39 Å². The average Bonchev–Trinajstić information content (AvgIpc) is 2.92. The van der Waals surface area contributed by atoms with Gasteiger partial charge in [-0.05, 0) is 43.2 Å². The molecule has 3 aromatic rings. The van der Waals surface area contributed by atoms with Crippen molar-refractivity contribution in [1.82, 2.24) is 4.57 Å². The predicted octanol–water partition coefficient (Wildman–Crippen LogP) is 3.57. The number of thiophene rings is 1. The van der Waals surface area contributed by atoms with Crippen LogP contribution in [0.5, 0.6) is 0 Å². The molecule has 5 heteroatoms. The van der Waals surface area contributed by atoms with Crippen molar-refractivity contribution >= 4 is 33.0 Å². The van der Waals surface area contributed by atoms with Crippen molar-refractivity contribution in [3.8, 4) is 0 Å². The van der Waals surface area contributed by atoms with Crippen molar-refractivity contribution in [3.63, 3.8) is 0 Å². The minimum absolute atomic E-state index is 0.0131. The van der Waals surface area contributed by atoms with Crippen LogP contribution in [0.3, 0.4) is 0 Å². The minimum atomic E-state index is -0.206. The smallest absolute Gasteiger partial charge is 0.259 e. The van der Waals surface area contributed by atoms with E-state index in [4.69, 9.17) is 0 Å². The fourth-order valence-electron chi connectivity index (χ4n) is 2.51. The van der Waals surface area contributed by atoms with Gasteiger partial charge in [-0.1, -0.05) is 19.1 Å². The van der Waals surface area contributed by atoms with Gasteiger partial charge in [-0.25, -0.2) is 0 Å². The first-order valence-corrected chi connectivity index (χ1v) is 8.37. The van der Waals surface area contributed by atoms with E-state index in [-0.39, 0.29) is 18.0 Å². The Morgan fingerprint density at radius 1 is 1.22 bits per heavy atom. The van der Waals surface area contributed by atoms with E-state index in [9.17, 15) is 9.59 Å². The van der Waals surface area contributed by atoms with Crippen molar-refractivity contribution in [2.75, 3.05) is 5.32 Å². The zero-order chi connectivity index (χ0) is 16.4. The Kier molecular flexibility index (Phi) is 4.30. The molecule has 0 saturated heterocycles. The van der Waals surface area contributed by atoms with Gasteiger partial charge >= 0.3 is 0 Å². The van der Waals surface area contributed by atoms with Crippen molar-refractivity contribution in [2.24, 2.45) is 0 Å². The second kappa shape index (κ2) is 6.38. The van der Waals surface area contributed by atoms with Crippen LogP contribution in [0.2, 0.25) is 0 Å². The lowest BCUT2D eigenvalue weighted by atomic mass is 10.1. The lowest BCUT2D eigenvalue weighted by Crippen LogP contribution is -2.26. The molecule has 3 rings (SSSR count). The molecule has 118 valence electrons. The van der Waals surface area contributed by atoms with Crippen LogP contribution in [0, 0.1) is 6.92 Å². The van der Waals surface area contributed by atoms with Gasteiger partial charge in [0.25, 0.3) is 5.56 Å². The monoisotopic (exact) mass is 326 g/mol. The topological polar surface area (TPSA) is 51.1 Å². The number of nitrogens with zero attached hydrogens (tertiary/aromatic N) is 1. The Hall–Kier alpha value is -2.40. The van der Waals surface area contributed by atoms with Gasteiger partial charge in [-0.2, -0.15) is 0 Å². The number of hydrogen-bond acceptors (Lipinski definition) is 3. The SMILES string of the molecule is CCc1ccc(NC(=O)Cn2ccc3sc(C)cc3c2=O)cc1. The quantitative estimate of drug-likeness (QED) is 0.797. The number of amides is 1. The molecule has 23 heavy (non-hydrogen) atoms. The number of nitrogens with one attached hydrogen (secondary N) is 1. The molecule has 0 fully saturated rings. The molecule has 1 aromatic carbocycles. The number of anilines is 1.